The molecule has 0 aliphatic heterocycles. The van der Waals surface area contributed by atoms with Gasteiger partial charge in [0.25, 0.3) is 0 Å². The summed E-state index contributed by atoms with van der Waals surface area (Å²) in [7, 11) is 0. The van der Waals surface area contributed by atoms with Gasteiger partial charge in [0.05, 0.1) is 13.2 Å². The minimum Gasteiger partial charge on any atom is -0.375 e. The predicted octanol–water partition coefficient (Wildman–Crippen LogP) is 0.912. The van der Waals surface area contributed by atoms with Crippen molar-refractivity contribution in [2.45, 2.75) is 13.5 Å². The molecule has 1 aromatic rings. The van der Waals surface area contributed by atoms with E-state index in [0.29, 0.717) is 18.8 Å². The van der Waals surface area contributed by atoms with E-state index in [9.17, 15) is 4.79 Å². The molecule has 16 heavy (non-hydrogen) atoms. The summed E-state index contributed by atoms with van der Waals surface area (Å²) in [5.41, 5.74) is 6.67. The standard InChI is InChI=1S/C12H18N2O2/c1-2-14-6-7-16-9-10-4-3-5-11(8-10)12(13)15/h3-5,8,14H,2,6-7,9H2,1H3,(H2,13,15). The maximum absolute atomic E-state index is 10.9. The van der Waals surface area contributed by atoms with E-state index in [-0.39, 0.29) is 0 Å². The zero-order valence-electron chi connectivity index (χ0n) is 9.53. The first-order chi connectivity index (χ1) is 7.74. The van der Waals surface area contributed by atoms with Gasteiger partial charge in [0.1, 0.15) is 0 Å². The van der Waals surface area contributed by atoms with E-state index in [1.807, 2.05) is 12.1 Å². The molecular formula is C12H18N2O2. The van der Waals surface area contributed by atoms with Crippen LogP contribution in [0.25, 0.3) is 0 Å². The van der Waals surface area contributed by atoms with Crippen molar-refractivity contribution in [3.05, 3.63) is 35.4 Å². The van der Waals surface area contributed by atoms with Crippen LogP contribution in [0.2, 0.25) is 0 Å². The Hall–Kier alpha value is -1.39. The molecule has 88 valence electrons. The third kappa shape index (κ3) is 4.42. The van der Waals surface area contributed by atoms with Gasteiger partial charge >= 0.3 is 0 Å². The van der Waals surface area contributed by atoms with Gasteiger partial charge in [0.2, 0.25) is 5.91 Å². The first-order valence-corrected chi connectivity index (χ1v) is 5.41. The molecule has 0 aromatic heterocycles. The minimum atomic E-state index is -0.408. The highest BCUT2D eigenvalue weighted by atomic mass is 16.5. The first-order valence-electron chi connectivity index (χ1n) is 5.41. The molecule has 4 nitrogen and oxygen atoms in total. The van der Waals surface area contributed by atoms with Crippen LogP contribution in [-0.4, -0.2) is 25.6 Å². The summed E-state index contributed by atoms with van der Waals surface area (Å²) >= 11 is 0. The van der Waals surface area contributed by atoms with Gasteiger partial charge in [0.15, 0.2) is 0 Å². The van der Waals surface area contributed by atoms with Gasteiger partial charge < -0.3 is 15.8 Å². The van der Waals surface area contributed by atoms with Crippen LogP contribution in [0.3, 0.4) is 0 Å². The highest BCUT2D eigenvalue weighted by Gasteiger charge is 2.00. The van der Waals surface area contributed by atoms with E-state index in [1.54, 1.807) is 12.1 Å². The van der Waals surface area contributed by atoms with Crippen molar-refractivity contribution in [3.8, 4) is 0 Å². The van der Waals surface area contributed by atoms with Crippen LogP contribution < -0.4 is 11.1 Å². The molecule has 0 fully saturated rings. The smallest absolute Gasteiger partial charge is 0.248 e. The molecule has 0 bridgehead atoms. The fourth-order valence-electron chi connectivity index (χ4n) is 1.33. The van der Waals surface area contributed by atoms with Crippen LogP contribution in [0.5, 0.6) is 0 Å². The summed E-state index contributed by atoms with van der Waals surface area (Å²) in [4.78, 5) is 10.9. The van der Waals surface area contributed by atoms with Crippen molar-refractivity contribution in [1.82, 2.24) is 5.32 Å². The van der Waals surface area contributed by atoms with Crippen LogP contribution in [0, 0.1) is 0 Å². The first kappa shape index (κ1) is 12.7. The molecule has 1 rings (SSSR count). The number of hydrogen-bond acceptors (Lipinski definition) is 3. The molecular weight excluding hydrogens is 204 g/mol. The number of primary amides is 1. The van der Waals surface area contributed by atoms with Gasteiger partial charge in [-0.15, -0.1) is 0 Å². The lowest BCUT2D eigenvalue weighted by molar-refractivity contribution is 0.0999. The molecule has 0 saturated carbocycles. The molecule has 0 saturated heterocycles. The number of carbonyl (C=O) groups excluding carboxylic acids is 1. The predicted molar refractivity (Wildman–Crippen MR) is 63.2 cm³/mol. The number of amides is 1. The zero-order chi connectivity index (χ0) is 11.8. The normalized spacial score (nSPS) is 10.3. The Morgan fingerprint density at radius 1 is 1.50 bits per heavy atom. The Bertz CT molecular complexity index is 340. The van der Waals surface area contributed by atoms with Gasteiger partial charge in [-0.05, 0) is 24.2 Å². The molecule has 4 heteroatoms. The summed E-state index contributed by atoms with van der Waals surface area (Å²) in [6.45, 7) is 5.00. The topological polar surface area (TPSA) is 64.3 Å². The molecule has 1 aromatic carbocycles. The molecule has 3 N–H and O–H groups in total. The third-order valence-corrected chi connectivity index (χ3v) is 2.15. The van der Waals surface area contributed by atoms with E-state index < -0.39 is 5.91 Å². The van der Waals surface area contributed by atoms with E-state index in [1.165, 1.54) is 0 Å². The van der Waals surface area contributed by atoms with Crippen molar-refractivity contribution in [2.75, 3.05) is 19.7 Å². The number of likely N-dealkylation sites (N-methyl/N-ethyl adjacent to an activating group) is 1. The van der Waals surface area contributed by atoms with Crippen molar-refractivity contribution in [3.63, 3.8) is 0 Å². The van der Waals surface area contributed by atoms with Crippen LogP contribution in [0.15, 0.2) is 24.3 Å². The average Bonchev–Trinajstić information content (AvgIpc) is 2.29. The summed E-state index contributed by atoms with van der Waals surface area (Å²) in [6, 6.07) is 7.18. The summed E-state index contributed by atoms with van der Waals surface area (Å²) in [6.07, 6.45) is 0. The second kappa shape index (κ2) is 6.98. The Kier molecular flexibility index (Phi) is 5.53. The van der Waals surface area contributed by atoms with Crippen LogP contribution in [0.1, 0.15) is 22.8 Å². The summed E-state index contributed by atoms with van der Waals surface area (Å²) in [5, 5.41) is 3.17. The number of rotatable bonds is 7. The Morgan fingerprint density at radius 2 is 2.31 bits per heavy atom. The lowest BCUT2D eigenvalue weighted by Crippen LogP contribution is -2.18. The Balaban J connectivity index is 2.36. The molecule has 0 unspecified atom stereocenters. The number of nitrogens with two attached hydrogens (primary N) is 1. The molecule has 0 aliphatic carbocycles. The van der Waals surface area contributed by atoms with E-state index in [4.69, 9.17) is 10.5 Å². The maximum Gasteiger partial charge on any atom is 0.248 e. The summed E-state index contributed by atoms with van der Waals surface area (Å²) in [5.74, 6) is -0.408. The number of nitrogens with one attached hydrogen (secondary N) is 1. The fourth-order valence-corrected chi connectivity index (χ4v) is 1.33. The highest BCUT2D eigenvalue weighted by Crippen LogP contribution is 2.05. The molecule has 0 radical (unpaired) electrons. The van der Waals surface area contributed by atoms with Gasteiger partial charge in [-0.2, -0.15) is 0 Å². The lowest BCUT2D eigenvalue weighted by atomic mass is 10.1. The molecule has 1 amide bonds. The quantitative estimate of drug-likeness (QED) is 0.674. The Morgan fingerprint density at radius 3 is 3.00 bits per heavy atom. The van der Waals surface area contributed by atoms with Crippen molar-refractivity contribution in [2.24, 2.45) is 5.73 Å². The lowest BCUT2D eigenvalue weighted by Gasteiger charge is -2.05. The summed E-state index contributed by atoms with van der Waals surface area (Å²) < 4.78 is 5.44. The van der Waals surface area contributed by atoms with E-state index in [2.05, 4.69) is 12.2 Å². The number of benzene rings is 1. The average molecular weight is 222 g/mol. The second-order valence-electron chi connectivity index (χ2n) is 3.47. The largest absolute Gasteiger partial charge is 0.375 e. The van der Waals surface area contributed by atoms with Gasteiger partial charge in [-0.1, -0.05) is 19.1 Å². The number of hydrogen-bond donors (Lipinski definition) is 2. The highest BCUT2D eigenvalue weighted by molar-refractivity contribution is 5.92. The van der Waals surface area contributed by atoms with Gasteiger partial charge in [-0.3, -0.25) is 4.79 Å². The second-order valence-corrected chi connectivity index (χ2v) is 3.47. The van der Waals surface area contributed by atoms with E-state index in [0.717, 1.165) is 18.7 Å². The van der Waals surface area contributed by atoms with Crippen LogP contribution >= 0.6 is 0 Å². The Labute approximate surface area is 95.8 Å². The molecule has 0 atom stereocenters. The van der Waals surface area contributed by atoms with Gasteiger partial charge in [0, 0.05) is 12.1 Å². The molecule has 0 aliphatic rings. The SMILES string of the molecule is CCNCCOCc1cccc(C(N)=O)c1. The van der Waals surface area contributed by atoms with Crippen molar-refractivity contribution < 1.29 is 9.53 Å². The third-order valence-electron chi connectivity index (χ3n) is 2.15. The fraction of sp³-hybridized carbons (Fsp3) is 0.417. The van der Waals surface area contributed by atoms with Crippen LogP contribution in [0.4, 0.5) is 0 Å². The van der Waals surface area contributed by atoms with Crippen molar-refractivity contribution >= 4 is 5.91 Å². The minimum absolute atomic E-state index is 0.408. The number of ether oxygens (including phenoxy) is 1. The maximum atomic E-state index is 10.9. The van der Waals surface area contributed by atoms with E-state index >= 15 is 0 Å². The number of carbonyl (C=O) groups is 1. The van der Waals surface area contributed by atoms with Crippen LogP contribution in [-0.2, 0) is 11.3 Å². The monoisotopic (exact) mass is 222 g/mol. The molecule has 0 spiro atoms. The van der Waals surface area contributed by atoms with Gasteiger partial charge in [-0.25, -0.2) is 0 Å². The molecule has 0 heterocycles. The zero-order valence-corrected chi connectivity index (χ0v) is 9.53. The van der Waals surface area contributed by atoms with Crippen molar-refractivity contribution in [1.29, 1.82) is 0 Å².